The second-order valence-electron chi connectivity index (χ2n) is 7.55. The van der Waals surface area contributed by atoms with Crippen molar-refractivity contribution in [3.05, 3.63) is 95.6 Å². The summed E-state index contributed by atoms with van der Waals surface area (Å²) in [5.74, 6) is -1.50. The van der Waals surface area contributed by atoms with E-state index < -0.39 is 24.2 Å². The van der Waals surface area contributed by atoms with E-state index in [1.807, 2.05) is 66.7 Å². The van der Waals surface area contributed by atoms with Gasteiger partial charge in [0, 0.05) is 5.92 Å². The predicted molar refractivity (Wildman–Crippen MR) is 116 cm³/mol. The van der Waals surface area contributed by atoms with Gasteiger partial charge in [-0.05, 0) is 34.2 Å². The second-order valence-corrected chi connectivity index (χ2v) is 7.55. The molecule has 158 valence electrons. The van der Waals surface area contributed by atoms with Gasteiger partial charge in [-0.15, -0.1) is 0 Å². The molecule has 1 amide bonds. The maximum Gasteiger partial charge on any atom is 0.407 e. The van der Waals surface area contributed by atoms with Crippen LogP contribution < -0.4 is 5.32 Å². The molecule has 0 aliphatic heterocycles. The summed E-state index contributed by atoms with van der Waals surface area (Å²) in [4.78, 5) is 23.8. The van der Waals surface area contributed by atoms with Crippen molar-refractivity contribution in [3.8, 4) is 11.1 Å². The van der Waals surface area contributed by atoms with Crippen LogP contribution in [0, 0.1) is 0 Å². The highest BCUT2D eigenvalue weighted by atomic mass is 16.5. The van der Waals surface area contributed by atoms with Gasteiger partial charge in [0.25, 0.3) is 0 Å². The number of aliphatic carboxylic acids is 1. The van der Waals surface area contributed by atoms with E-state index in [9.17, 15) is 19.8 Å². The van der Waals surface area contributed by atoms with Crippen molar-refractivity contribution < 1.29 is 24.5 Å². The maximum absolute atomic E-state index is 12.5. The van der Waals surface area contributed by atoms with Crippen molar-refractivity contribution in [2.24, 2.45) is 0 Å². The largest absolute Gasteiger partial charge is 0.479 e. The first-order valence-electron chi connectivity index (χ1n) is 10.1. The average molecular weight is 417 g/mol. The highest BCUT2D eigenvalue weighted by molar-refractivity contribution is 5.79. The minimum absolute atomic E-state index is 0.102. The predicted octanol–water partition coefficient (Wildman–Crippen LogP) is 3.58. The van der Waals surface area contributed by atoms with E-state index >= 15 is 0 Å². The van der Waals surface area contributed by atoms with Crippen LogP contribution in [0.4, 0.5) is 4.79 Å². The summed E-state index contributed by atoms with van der Waals surface area (Å²) in [7, 11) is 0. The summed E-state index contributed by atoms with van der Waals surface area (Å²) in [5, 5.41) is 21.8. The Bertz CT molecular complexity index is 1040. The Morgan fingerprint density at radius 1 is 0.871 bits per heavy atom. The number of nitrogens with one attached hydrogen (secondary N) is 1. The van der Waals surface area contributed by atoms with E-state index in [0.717, 1.165) is 27.8 Å². The number of aliphatic hydroxyl groups is 1. The van der Waals surface area contributed by atoms with E-state index in [1.54, 1.807) is 12.1 Å². The number of amides is 1. The number of benzene rings is 3. The molecule has 3 N–H and O–H groups in total. The molecule has 0 heterocycles. The highest BCUT2D eigenvalue weighted by Crippen LogP contribution is 2.44. The molecule has 0 spiro atoms. The molecule has 0 aromatic heterocycles. The van der Waals surface area contributed by atoms with Crippen molar-refractivity contribution in [1.29, 1.82) is 0 Å². The number of ether oxygens (including phenoxy) is 1. The summed E-state index contributed by atoms with van der Waals surface area (Å²) < 4.78 is 5.48. The van der Waals surface area contributed by atoms with Gasteiger partial charge in [0.1, 0.15) is 6.61 Å². The molecule has 0 saturated carbocycles. The number of hydrogen-bond acceptors (Lipinski definition) is 4. The van der Waals surface area contributed by atoms with Crippen molar-refractivity contribution in [3.63, 3.8) is 0 Å². The fourth-order valence-electron chi connectivity index (χ4n) is 4.07. The summed E-state index contributed by atoms with van der Waals surface area (Å²) in [6.45, 7) is 0.112. The Balaban J connectivity index is 1.46. The lowest BCUT2D eigenvalue weighted by Crippen LogP contribution is -2.48. The molecular weight excluding hydrogens is 394 g/mol. The number of aliphatic hydroxyl groups excluding tert-OH is 1. The van der Waals surface area contributed by atoms with Gasteiger partial charge in [-0.2, -0.15) is 0 Å². The zero-order chi connectivity index (χ0) is 21.8. The number of rotatable bonds is 7. The SMILES string of the molecule is O=C(N[C@H](Cc1ccccc1)[C@H](O)C(=O)O)OCC1c2ccccc2-c2ccccc21. The summed E-state index contributed by atoms with van der Waals surface area (Å²) in [6, 6.07) is 24.1. The molecule has 3 aromatic rings. The van der Waals surface area contributed by atoms with Crippen LogP contribution in [-0.2, 0) is 16.0 Å². The molecule has 4 rings (SSSR count). The van der Waals surface area contributed by atoms with Gasteiger partial charge in [-0.3, -0.25) is 0 Å². The molecule has 1 aliphatic carbocycles. The molecule has 6 heteroatoms. The molecule has 3 aromatic carbocycles. The van der Waals surface area contributed by atoms with Crippen molar-refractivity contribution in [2.75, 3.05) is 6.61 Å². The monoisotopic (exact) mass is 417 g/mol. The first-order valence-corrected chi connectivity index (χ1v) is 10.1. The van der Waals surface area contributed by atoms with Crippen molar-refractivity contribution in [2.45, 2.75) is 24.5 Å². The van der Waals surface area contributed by atoms with Crippen LogP contribution in [0.5, 0.6) is 0 Å². The molecule has 0 radical (unpaired) electrons. The summed E-state index contributed by atoms with van der Waals surface area (Å²) >= 11 is 0. The number of carboxylic acid groups (broad SMARTS) is 1. The topological polar surface area (TPSA) is 95.9 Å². The summed E-state index contributed by atoms with van der Waals surface area (Å²) in [5.41, 5.74) is 5.21. The highest BCUT2D eigenvalue weighted by Gasteiger charge is 2.31. The van der Waals surface area contributed by atoms with Gasteiger partial charge in [-0.1, -0.05) is 78.9 Å². The fourth-order valence-corrected chi connectivity index (χ4v) is 4.07. The normalized spacial score (nSPS) is 14.2. The number of hydrogen-bond donors (Lipinski definition) is 3. The third kappa shape index (κ3) is 4.44. The number of carbonyl (C=O) groups excluding carboxylic acids is 1. The molecule has 0 bridgehead atoms. The minimum atomic E-state index is -1.75. The van der Waals surface area contributed by atoms with Crippen LogP contribution >= 0.6 is 0 Å². The van der Waals surface area contributed by atoms with E-state index in [2.05, 4.69) is 5.32 Å². The lowest BCUT2D eigenvalue weighted by atomic mass is 9.98. The first-order chi connectivity index (χ1) is 15.0. The minimum Gasteiger partial charge on any atom is -0.479 e. The molecule has 0 saturated heterocycles. The molecule has 6 nitrogen and oxygen atoms in total. The third-order valence-electron chi connectivity index (χ3n) is 5.58. The standard InChI is InChI=1S/C25H23NO5/c27-23(24(28)29)22(14-16-8-2-1-3-9-16)26-25(30)31-15-21-19-12-6-4-10-17(19)18-11-5-7-13-20(18)21/h1-13,21-23,27H,14-15H2,(H,26,30)(H,28,29)/t22-,23+/m1/s1. The molecular formula is C25H23NO5. The van der Waals surface area contributed by atoms with Crippen LogP contribution in [0.25, 0.3) is 11.1 Å². The lowest BCUT2D eigenvalue weighted by molar-refractivity contribution is -0.148. The maximum atomic E-state index is 12.5. The van der Waals surface area contributed by atoms with Crippen LogP contribution in [0.2, 0.25) is 0 Å². The molecule has 31 heavy (non-hydrogen) atoms. The Labute approximate surface area is 180 Å². The van der Waals surface area contributed by atoms with E-state index in [-0.39, 0.29) is 18.9 Å². The van der Waals surface area contributed by atoms with Gasteiger partial charge in [-0.25, -0.2) is 9.59 Å². The molecule has 1 aliphatic rings. The quantitative estimate of drug-likeness (QED) is 0.546. The van der Waals surface area contributed by atoms with E-state index in [1.165, 1.54) is 0 Å². The first kappa shape index (κ1) is 20.6. The number of fused-ring (bicyclic) bond motifs is 3. The van der Waals surface area contributed by atoms with E-state index in [4.69, 9.17) is 4.74 Å². The van der Waals surface area contributed by atoms with Crippen molar-refractivity contribution >= 4 is 12.1 Å². The van der Waals surface area contributed by atoms with Gasteiger partial charge < -0.3 is 20.3 Å². The number of carbonyl (C=O) groups is 2. The zero-order valence-electron chi connectivity index (χ0n) is 16.8. The van der Waals surface area contributed by atoms with Crippen LogP contribution in [0.3, 0.4) is 0 Å². The summed E-state index contributed by atoms with van der Waals surface area (Å²) in [6.07, 6.45) is -2.35. The van der Waals surface area contributed by atoms with E-state index in [0.29, 0.717) is 0 Å². The smallest absolute Gasteiger partial charge is 0.407 e. The fraction of sp³-hybridized carbons (Fsp3) is 0.200. The second kappa shape index (κ2) is 9.02. The number of carboxylic acids is 1. The lowest BCUT2D eigenvalue weighted by Gasteiger charge is -2.22. The molecule has 0 fully saturated rings. The van der Waals surface area contributed by atoms with Gasteiger partial charge in [0.2, 0.25) is 0 Å². The van der Waals surface area contributed by atoms with Gasteiger partial charge in [0.15, 0.2) is 6.10 Å². The van der Waals surface area contributed by atoms with Crippen LogP contribution in [0.15, 0.2) is 78.9 Å². The van der Waals surface area contributed by atoms with Crippen LogP contribution in [-0.4, -0.2) is 41.0 Å². The number of alkyl carbamates (subject to hydrolysis) is 1. The Morgan fingerprint density at radius 2 is 1.42 bits per heavy atom. The molecule has 0 unspecified atom stereocenters. The van der Waals surface area contributed by atoms with Gasteiger partial charge in [0.05, 0.1) is 6.04 Å². The zero-order valence-corrected chi connectivity index (χ0v) is 16.8. The Kier molecular flexibility index (Phi) is 6.00. The average Bonchev–Trinajstić information content (AvgIpc) is 3.11. The third-order valence-corrected chi connectivity index (χ3v) is 5.58. The van der Waals surface area contributed by atoms with Gasteiger partial charge >= 0.3 is 12.1 Å². The Hall–Kier alpha value is -3.64. The molecule has 2 atom stereocenters. The van der Waals surface area contributed by atoms with Crippen LogP contribution in [0.1, 0.15) is 22.6 Å². The Morgan fingerprint density at radius 3 is 2.00 bits per heavy atom. The van der Waals surface area contributed by atoms with Crippen molar-refractivity contribution in [1.82, 2.24) is 5.32 Å².